The Morgan fingerprint density at radius 1 is 1.14 bits per heavy atom. The number of hydrogen-bond donors (Lipinski definition) is 1. The quantitative estimate of drug-likeness (QED) is 0.284. The lowest BCUT2D eigenvalue weighted by molar-refractivity contribution is 0.0526. The maximum atomic E-state index is 13.0. The van der Waals surface area contributed by atoms with Crippen molar-refractivity contribution in [3.63, 3.8) is 0 Å². The van der Waals surface area contributed by atoms with Gasteiger partial charge >= 0.3 is 5.97 Å². The summed E-state index contributed by atoms with van der Waals surface area (Å²) in [5.74, 6) is 0.0450. The third-order valence-corrected chi connectivity index (χ3v) is 7.51. The summed E-state index contributed by atoms with van der Waals surface area (Å²) in [5.41, 5.74) is 1.48. The highest BCUT2D eigenvalue weighted by Gasteiger charge is 2.24. The Hall–Kier alpha value is -3.41. The number of anilines is 1. The van der Waals surface area contributed by atoms with E-state index in [1.165, 1.54) is 23.0 Å². The molecular formula is C24H23ClN4O5S2. The van der Waals surface area contributed by atoms with Gasteiger partial charge in [-0.2, -0.15) is 0 Å². The second-order valence-electron chi connectivity index (χ2n) is 7.56. The minimum absolute atomic E-state index is 0.0335. The van der Waals surface area contributed by atoms with Gasteiger partial charge in [-0.25, -0.2) is 13.2 Å². The molecule has 2 heterocycles. The number of methoxy groups -OCH3 is 1. The molecule has 9 nitrogen and oxygen atoms in total. The Balaban J connectivity index is 1.74. The van der Waals surface area contributed by atoms with Crippen molar-refractivity contribution in [1.29, 1.82) is 0 Å². The molecule has 0 bridgehead atoms. The van der Waals surface area contributed by atoms with Gasteiger partial charge in [0.2, 0.25) is 16.0 Å². The third-order valence-electron chi connectivity index (χ3n) is 5.16. The number of aromatic nitrogens is 3. The first kappa shape index (κ1) is 25.7. The van der Waals surface area contributed by atoms with Crippen molar-refractivity contribution in [2.24, 2.45) is 0 Å². The van der Waals surface area contributed by atoms with Crippen LogP contribution in [0.25, 0.3) is 16.4 Å². The number of aryl methyl sites for hydroxylation is 1. The lowest BCUT2D eigenvalue weighted by Gasteiger charge is -2.16. The lowest BCUT2D eigenvalue weighted by atomic mass is 10.1. The molecular weight excluding hydrogens is 524 g/mol. The Morgan fingerprint density at radius 3 is 2.58 bits per heavy atom. The fourth-order valence-electron chi connectivity index (χ4n) is 3.44. The Morgan fingerprint density at radius 2 is 1.92 bits per heavy atom. The van der Waals surface area contributed by atoms with Gasteiger partial charge in [-0.15, -0.1) is 21.5 Å². The topological polar surface area (TPSA) is 112 Å². The molecule has 2 aromatic carbocycles. The first-order valence-corrected chi connectivity index (χ1v) is 13.8. The largest absolute Gasteiger partial charge is 0.495 e. The minimum Gasteiger partial charge on any atom is -0.495 e. The highest BCUT2D eigenvalue weighted by molar-refractivity contribution is 7.92. The number of hydrogen-bond acceptors (Lipinski definition) is 8. The van der Waals surface area contributed by atoms with Gasteiger partial charge in [0.25, 0.3) is 0 Å². The van der Waals surface area contributed by atoms with Crippen LogP contribution in [-0.4, -0.2) is 48.6 Å². The highest BCUT2D eigenvalue weighted by atomic mass is 35.5. The van der Waals surface area contributed by atoms with Crippen molar-refractivity contribution in [3.05, 3.63) is 76.1 Å². The van der Waals surface area contributed by atoms with Gasteiger partial charge in [0.15, 0.2) is 5.82 Å². The van der Waals surface area contributed by atoms with Crippen LogP contribution in [0, 0.1) is 0 Å². The molecule has 36 heavy (non-hydrogen) atoms. The molecule has 0 aliphatic heterocycles. The maximum Gasteiger partial charge on any atom is 0.338 e. The third kappa shape index (κ3) is 5.86. The van der Waals surface area contributed by atoms with E-state index < -0.39 is 16.0 Å². The van der Waals surface area contributed by atoms with Crippen LogP contribution in [0.15, 0.2) is 60.0 Å². The number of benzene rings is 2. The summed E-state index contributed by atoms with van der Waals surface area (Å²) in [6.07, 6.45) is 0.278. The first-order chi connectivity index (χ1) is 17.3. The Labute approximate surface area is 217 Å². The lowest BCUT2D eigenvalue weighted by Crippen LogP contribution is -2.21. The maximum absolute atomic E-state index is 13.0. The molecule has 0 radical (unpaired) electrons. The number of carbonyl (C=O) groups is 1. The molecule has 2 aromatic heterocycles. The SMILES string of the molecule is CCOC(=O)c1ccc(OC)c(-n2c(NS(=O)(=O)CCc3ccc(Cl)cc3)nnc2-c2cccs2)c1. The van der Waals surface area contributed by atoms with Gasteiger partial charge in [-0.3, -0.25) is 9.29 Å². The van der Waals surface area contributed by atoms with Crippen molar-refractivity contribution in [2.75, 3.05) is 24.2 Å². The number of carbonyl (C=O) groups excluding carboxylic acids is 1. The van der Waals surface area contributed by atoms with Crippen molar-refractivity contribution < 1.29 is 22.7 Å². The van der Waals surface area contributed by atoms with Crippen LogP contribution in [0.4, 0.5) is 5.95 Å². The fourth-order valence-corrected chi connectivity index (χ4v) is 5.28. The van der Waals surface area contributed by atoms with Crippen LogP contribution in [0.5, 0.6) is 5.75 Å². The fraction of sp³-hybridized carbons (Fsp3) is 0.208. The van der Waals surface area contributed by atoms with E-state index in [1.807, 2.05) is 17.5 Å². The van der Waals surface area contributed by atoms with E-state index in [0.29, 0.717) is 22.3 Å². The van der Waals surface area contributed by atoms with E-state index >= 15 is 0 Å². The summed E-state index contributed by atoms with van der Waals surface area (Å²) in [4.78, 5) is 13.2. The number of rotatable bonds is 10. The molecule has 0 aliphatic rings. The van der Waals surface area contributed by atoms with E-state index in [-0.39, 0.29) is 30.3 Å². The zero-order chi connectivity index (χ0) is 25.7. The Bertz CT molecular complexity index is 1450. The zero-order valence-corrected chi connectivity index (χ0v) is 21.9. The molecule has 4 rings (SSSR count). The van der Waals surface area contributed by atoms with Gasteiger partial charge in [0.05, 0.1) is 35.6 Å². The monoisotopic (exact) mass is 546 g/mol. The van der Waals surface area contributed by atoms with Crippen LogP contribution < -0.4 is 9.46 Å². The molecule has 0 unspecified atom stereocenters. The zero-order valence-electron chi connectivity index (χ0n) is 19.5. The number of thiophene rings is 1. The van der Waals surface area contributed by atoms with E-state index in [0.717, 1.165) is 10.4 Å². The van der Waals surface area contributed by atoms with E-state index in [2.05, 4.69) is 14.9 Å². The van der Waals surface area contributed by atoms with Crippen molar-refractivity contribution in [3.8, 4) is 22.1 Å². The number of sulfonamides is 1. The number of esters is 1. The summed E-state index contributed by atoms with van der Waals surface area (Å²) in [7, 11) is -2.34. The van der Waals surface area contributed by atoms with Crippen LogP contribution in [0.3, 0.4) is 0 Å². The average molecular weight is 547 g/mol. The molecule has 188 valence electrons. The van der Waals surface area contributed by atoms with Crippen LogP contribution in [0.2, 0.25) is 5.02 Å². The molecule has 0 aliphatic carbocycles. The van der Waals surface area contributed by atoms with E-state index in [9.17, 15) is 13.2 Å². The first-order valence-electron chi connectivity index (χ1n) is 10.9. The summed E-state index contributed by atoms with van der Waals surface area (Å²) in [6.45, 7) is 1.93. The van der Waals surface area contributed by atoms with Crippen molar-refractivity contribution in [1.82, 2.24) is 14.8 Å². The van der Waals surface area contributed by atoms with Crippen LogP contribution >= 0.6 is 22.9 Å². The second kappa shape index (κ2) is 11.1. The normalized spacial score (nSPS) is 11.3. The molecule has 0 fully saturated rings. The summed E-state index contributed by atoms with van der Waals surface area (Å²) in [6, 6.07) is 15.4. The molecule has 0 saturated heterocycles. The smallest absolute Gasteiger partial charge is 0.338 e. The summed E-state index contributed by atoms with van der Waals surface area (Å²) >= 11 is 7.33. The molecule has 4 aromatic rings. The minimum atomic E-state index is -3.82. The van der Waals surface area contributed by atoms with Gasteiger partial charge in [-0.05, 0) is 60.7 Å². The molecule has 0 atom stereocenters. The van der Waals surface area contributed by atoms with E-state index in [1.54, 1.807) is 49.4 Å². The highest BCUT2D eigenvalue weighted by Crippen LogP contribution is 2.34. The molecule has 0 saturated carbocycles. The second-order valence-corrected chi connectivity index (χ2v) is 10.8. The van der Waals surface area contributed by atoms with Gasteiger partial charge < -0.3 is 9.47 Å². The number of nitrogens with one attached hydrogen (secondary N) is 1. The number of nitrogens with zero attached hydrogens (tertiary/aromatic N) is 3. The van der Waals surface area contributed by atoms with Gasteiger partial charge in [-0.1, -0.05) is 29.8 Å². The van der Waals surface area contributed by atoms with E-state index in [4.69, 9.17) is 21.1 Å². The molecule has 0 amide bonds. The van der Waals surface area contributed by atoms with Crippen molar-refractivity contribution in [2.45, 2.75) is 13.3 Å². The van der Waals surface area contributed by atoms with Gasteiger partial charge in [0.1, 0.15) is 5.75 Å². The molecule has 1 N–H and O–H groups in total. The number of ether oxygens (including phenoxy) is 2. The summed E-state index contributed by atoms with van der Waals surface area (Å²) in [5, 5.41) is 10.8. The number of halogens is 1. The summed E-state index contributed by atoms with van der Waals surface area (Å²) < 4.78 is 40.7. The molecule has 12 heteroatoms. The van der Waals surface area contributed by atoms with Crippen LogP contribution in [0.1, 0.15) is 22.8 Å². The standard InChI is InChI=1S/C24H23ClN4O5S2/c1-3-34-23(30)17-8-11-20(33-2)19(15-17)29-22(21-5-4-13-35-21)26-27-24(29)28-36(31,32)14-12-16-6-9-18(25)10-7-16/h4-11,13,15H,3,12,14H2,1-2H3,(H,27,28). The predicted octanol–water partition coefficient (Wildman–Crippen LogP) is 4.82. The average Bonchev–Trinajstić information content (AvgIpc) is 3.53. The molecule has 0 spiro atoms. The van der Waals surface area contributed by atoms with Crippen LogP contribution in [-0.2, 0) is 21.2 Å². The predicted molar refractivity (Wildman–Crippen MR) is 140 cm³/mol. The Kier molecular flexibility index (Phi) is 7.92. The van der Waals surface area contributed by atoms with Gasteiger partial charge in [0, 0.05) is 5.02 Å². The van der Waals surface area contributed by atoms with Crippen molar-refractivity contribution >= 4 is 44.9 Å².